The van der Waals surface area contributed by atoms with Gasteiger partial charge in [0, 0.05) is 12.0 Å². The van der Waals surface area contributed by atoms with E-state index in [4.69, 9.17) is 4.74 Å². The molecule has 154 valence electrons. The Morgan fingerprint density at radius 2 is 1.68 bits per heavy atom. The number of nitrogens with one attached hydrogen (secondary N) is 2. The van der Waals surface area contributed by atoms with Crippen molar-refractivity contribution in [2.75, 3.05) is 6.61 Å². The van der Waals surface area contributed by atoms with Crippen LogP contribution in [0.25, 0.3) is 11.3 Å². The molecule has 0 aliphatic carbocycles. The fraction of sp³-hybridized carbons (Fsp3) is 0.0800. The van der Waals surface area contributed by atoms with Crippen LogP contribution in [0, 0.1) is 0 Å². The van der Waals surface area contributed by atoms with E-state index < -0.39 is 0 Å². The molecule has 0 aliphatic rings. The third-order valence-electron chi connectivity index (χ3n) is 4.65. The second-order valence-electron chi connectivity index (χ2n) is 6.89. The zero-order chi connectivity index (χ0) is 21.3. The summed E-state index contributed by atoms with van der Waals surface area (Å²) in [5.74, 6) is 0.440. The minimum atomic E-state index is -0.355. The third kappa shape index (κ3) is 5.67. The van der Waals surface area contributed by atoms with Crippen molar-refractivity contribution in [2.24, 2.45) is 5.10 Å². The molecular weight excluding hydrogens is 388 g/mol. The number of benzene rings is 3. The predicted octanol–water partition coefficient (Wildman–Crippen LogP) is 4.46. The van der Waals surface area contributed by atoms with Gasteiger partial charge in [-0.3, -0.25) is 9.89 Å². The van der Waals surface area contributed by atoms with Crippen LogP contribution in [0.3, 0.4) is 0 Å². The Morgan fingerprint density at radius 3 is 2.42 bits per heavy atom. The summed E-state index contributed by atoms with van der Waals surface area (Å²) in [6.07, 6.45) is 2.44. The number of amides is 1. The van der Waals surface area contributed by atoms with Crippen LogP contribution in [0.4, 0.5) is 0 Å². The van der Waals surface area contributed by atoms with Gasteiger partial charge in [-0.15, -0.1) is 0 Å². The van der Waals surface area contributed by atoms with Crippen molar-refractivity contribution in [3.8, 4) is 17.0 Å². The Bertz CT molecular complexity index is 1140. The van der Waals surface area contributed by atoms with Crippen molar-refractivity contribution in [3.05, 3.63) is 108 Å². The molecule has 1 aromatic heterocycles. The smallest absolute Gasteiger partial charge is 0.289 e. The first kappa shape index (κ1) is 20.1. The lowest BCUT2D eigenvalue weighted by Crippen LogP contribution is -2.17. The summed E-state index contributed by atoms with van der Waals surface area (Å²) >= 11 is 0. The minimum absolute atomic E-state index is 0.336. The van der Waals surface area contributed by atoms with E-state index in [1.807, 2.05) is 72.8 Å². The van der Waals surface area contributed by atoms with E-state index in [0.29, 0.717) is 18.0 Å². The highest BCUT2D eigenvalue weighted by Gasteiger charge is 2.10. The number of carbonyl (C=O) groups excluding carboxylic acids is 1. The molecule has 0 atom stereocenters. The highest BCUT2D eigenvalue weighted by atomic mass is 16.5. The highest BCUT2D eigenvalue weighted by molar-refractivity contribution is 5.94. The number of aromatic nitrogens is 2. The van der Waals surface area contributed by atoms with Crippen LogP contribution in [0.15, 0.2) is 96.1 Å². The van der Waals surface area contributed by atoms with Crippen molar-refractivity contribution in [2.45, 2.75) is 6.42 Å². The van der Waals surface area contributed by atoms with Gasteiger partial charge in [0.05, 0.1) is 18.5 Å². The lowest BCUT2D eigenvalue weighted by Gasteiger charge is -2.06. The lowest BCUT2D eigenvalue weighted by molar-refractivity contribution is 0.0950. The Kier molecular flexibility index (Phi) is 6.50. The van der Waals surface area contributed by atoms with Crippen LogP contribution in [-0.2, 0) is 6.42 Å². The van der Waals surface area contributed by atoms with E-state index in [0.717, 1.165) is 23.3 Å². The third-order valence-corrected chi connectivity index (χ3v) is 4.65. The standard InChI is InChI=1S/C25H22N4O2/c30-25(29-26-18-20-9-5-2-6-10-20)24-17-23(27-28-24)21-11-13-22(14-12-21)31-16-15-19-7-3-1-4-8-19/h1-14,17-18H,15-16H2,(H,27,28)(H,29,30)/b26-18-. The summed E-state index contributed by atoms with van der Waals surface area (Å²) in [6, 6.07) is 29.1. The van der Waals surface area contributed by atoms with E-state index >= 15 is 0 Å². The summed E-state index contributed by atoms with van der Waals surface area (Å²) in [5, 5.41) is 11.0. The molecule has 0 saturated heterocycles. The molecule has 0 radical (unpaired) electrons. The van der Waals surface area contributed by atoms with Crippen LogP contribution in [0.1, 0.15) is 21.6 Å². The number of aromatic amines is 1. The van der Waals surface area contributed by atoms with Gasteiger partial charge in [-0.1, -0.05) is 60.7 Å². The maximum Gasteiger partial charge on any atom is 0.289 e. The molecule has 31 heavy (non-hydrogen) atoms. The maximum absolute atomic E-state index is 12.3. The molecule has 0 bridgehead atoms. The molecule has 0 spiro atoms. The number of carbonyl (C=O) groups is 1. The molecule has 0 saturated carbocycles. The molecule has 1 heterocycles. The van der Waals surface area contributed by atoms with E-state index in [9.17, 15) is 4.79 Å². The molecule has 2 N–H and O–H groups in total. The van der Waals surface area contributed by atoms with Crippen LogP contribution < -0.4 is 10.2 Å². The van der Waals surface area contributed by atoms with Crippen molar-refractivity contribution in [3.63, 3.8) is 0 Å². The number of nitrogens with zero attached hydrogens (tertiary/aromatic N) is 2. The second-order valence-corrected chi connectivity index (χ2v) is 6.89. The van der Waals surface area contributed by atoms with Gasteiger partial charge >= 0.3 is 0 Å². The maximum atomic E-state index is 12.3. The van der Waals surface area contributed by atoms with Crippen molar-refractivity contribution in [1.29, 1.82) is 0 Å². The summed E-state index contributed by atoms with van der Waals surface area (Å²) < 4.78 is 5.82. The quantitative estimate of drug-likeness (QED) is 0.332. The molecular formula is C25H22N4O2. The van der Waals surface area contributed by atoms with Gasteiger partial charge in [-0.2, -0.15) is 10.2 Å². The number of ether oxygens (including phenoxy) is 1. The Labute approximate surface area is 180 Å². The van der Waals surface area contributed by atoms with Crippen molar-refractivity contribution < 1.29 is 9.53 Å². The van der Waals surface area contributed by atoms with Crippen LogP contribution in [-0.4, -0.2) is 28.9 Å². The Balaban J connectivity index is 1.31. The molecule has 4 rings (SSSR count). The fourth-order valence-corrected chi connectivity index (χ4v) is 3.00. The fourth-order valence-electron chi connectivity index (χ4n) is 3.00. The van der Waals surface area contributed by atoms with E-state index in [2.05, 4.69) is 32.9 Å². The highest BCUT2D eigenvalue weighted by Crippen LogP contribution is 2.21. The number of rotatable bonds is 8. The first-order valence-electron chi connectivity index (χ1n) is 9.99. The van der Waals surface area contributed by atoms with Gasteiger partial charge in [-0.25, -0.2) is 5.43 Å². The normalized spacial score (nSPS) is 10.8. The van der Waals surface area contributed by atoms with Gasteiger partial charge in [0.25, 0.3) is 5.91 Å². The summed E-state index contributed by atoms with van der Waals surface area (Å²) in [4.78, 5) is 12.3. The SMILES string of the molecule is O=C(N/N=C\c1ccccc1)c1cc(-c2ccc(OCCc3ccccc3)cc2)n[nH]1. The molecule has 4 aromatic rings. The summed E-state index contributed by atoms with van der Waals surface area (Å²) in [6.45, 7) is 0.611. The first-order chi connectivity index (χ1) is 15.3. The van der Waals surface area contributed by atoms with Gasteiger partial charge in [0.15, 0.2) is 0 Å². The number of hydrazone groups is 1. The predicted molar refractivity (Wildman–Crippen MR) is 121 cm³/mol. The second kappa shape index (κ2) is 10.0. The summed E-state index contributed by atoms with van der Waals surface area (Å²) in [5.41, 5.74) is 6.54. The first-order valence-corrected chi connectivity index (χ1v) is 9.99. The van der Waals surface area contributed by atoms with E-state index in [1.54, 1.807) is 12.3 Å². The van der Waals surface area contributed by atoms with Gasteiger partial charge in [0.2, 0.25) is 0 Å². The molecule has 0 fully saturated rings. The molecule has 6 heteroatoms. The molecule has 0 unspecified atom stereocenters. The molecule has 0 aliphatic heterocycles. The monoisotopic (exact) mass is 410 g/mol. The average Bonchev–Trinajstić information content (AvgIpc) is 3.31. The molecule has 1 amide bonds. The van der Waals surface area contributed by atoms with Gasteiger partial charge in [-0.05, 0) is 41.5 Å². The Morgan fingerprint density at radius 1 is 0.968 bits per heavy atom. The minimum Gasteiger partial charge on any atom is -0.493 e. The van der Waals surface area contributed by atoms with Crippen LogP contribution in [0.2, 0.25) is 0 Å². The summed E-state index contributed by atoms with van der Waals surface area (Å²) in [7, 11) is 0. The van der Waals surface area contributed by atoms with Gasteiger partial charge < -0.3 is 4.74 Å². The molecule has 6 nitrogen and oxygen atoms in total. The van der Waals surface area contributed by atoms with Gasteiger partial charge in [0.1, 0.15) is 11.4 Å². The van der Waals surface area contributed by atoms with E-state index in [-0.39, 0.29) is 5.91 Å². The average molecular weight is 410 g/mol. The zero-order valence-electron chi connectivity index (χ0n) is 16.9. The Hall–Kier alpha value is -4.19. The largest absolute Gasteiger partial charge is 0.493 e. The lowest BCUT2D eigenvalue weighted by atomic mass is 10.1. The topological polar surface area (TPSA) is 79.4 Å². The van der Waals surface area contributed by atoms with Crippen LogP contribution >= 0.6 is 0 Å². The van der Waals surface area contributed by atoms with Crippen LogP contribution in [0.5, 0.6) is 5.75 Å². The number of hydrogen-bond acceptors (Lipinski definition) is 4. The zero-order valence-corrected chi connectivity index (χ0v) is 16.9. The number of H-pyrrole nitrogens is 1. The molecule has 3 aromatic carbocycles. The van der Waals surface area contributed by atoms with Crippen molar-refractivity contribution >= 4 is 12.1 Å². The van der Waals surface area contributed by atoms with E-state index in [1.165, 1.54) is 5.56 Å². The number of hydrogen-bond donors (Lipinski definition) is 2. The van der Waals surface area contributed by atoms with Crippen molar-refractivity contribution in [1.82, 2.24) is 15.6 Å².